The minimum atomic E-state index is -3.70. The largest absolute Gasteiger partial charge is 0.479 e. The van der Waals surface area contributed by atoms with E-state index >= 15 is 0 Å². The van der Waals surface area contributed by atoms with Crippen molar-refractivity contribution >= 4 is 48.9 Å². The molecule has 1 aliphatic heterocycles. The Hall–Kier alpha value is -2.44. The molecular weight excluding hydrogens is 568 g/mol. The standard InChI is InChI=1S/C25H27BrN2O6S2/c26-23-24(34-15-22(30)31)21(14-29)35-25(23)18-7-4-8-20(13-18)28(19-9-11-27-12-10-19)36(32,33)16-17-5-2-1-3-6-17/h1-8,13,19,27,29H,9-12,14-16H2,(H,30,31). The number of thiophene rings is 1. The Morgan fingerprint density at radius 3 is 2.53 bits per heavy atom. The molecular formula is C25H27BrN2O6S2. The number of nitrogens with one attached hydrogen (secondary N) is 1. The van der Waals surface area contributed by atoms with Gasteiger partial charge in [0.2, 0.25) is 10.0 Å². The van der Waals surface area contributed by atoms with Gasteiger partial charge in [0.25, 0.3) is 0 Å². The normalized spacial score (nSPS) is 14.5. The average Bonchev–Trinajstić information content (AvgIpc) is 3.19. The Labute approximate surface area is 222 Å². The highest BCUT2D eigenvalue weighted by Gasteiger charge is 2.32. The van der Waals surface area contributed by atoms with E-state index < -0.39 is 22.6 Å². The van der Waals surface area contributed by atoms with Crippen molar-refractivity contribution in [2.45, 2.75) is 31.2 Å². The summed E-state index contributed by atoms with van der Waals surface area (Å²) in [4.78, 5) is 12.2. The summed E-state index contributed by atoms with van der Waals surface area (Å²) in [6.07, 6.45) is 1.39. The number of carboxylic acid groups (broad SMARTS) is 1. The first-order valence-electron chi connectivity index (χ1n) is 11.4. The molecule has 1 aromatic heterocycles. The maximum atomic E-state index is 13.8. The predicted octanol–water partition coefficient (Wildman–Crippen LogP) is 4.22. The highest BCUT2D eigenvalue weighted by atomic mass is 79.9. The fourth-order valence-corrected chi connectivity index (χ4v) is 8.09. The van der Waals surface area contributed by atoms with Gasteiger partial charge < -0.3 is 20.3 Å². The van der Waals surface area contributed by atoms with E-state index in [4.69, 9.17) is 9.84 Å². The number of carboxylic acids is 1. The Kier molecular flexibility index (Phi) is 8.68. The highest BCUT2D eigenvalue weighted by molar-refractivity contribution is 9.10. The number of halogens is 1. The van der Waals surface area contributed by atoms with Crippen molar-refractivity contribution in [3.05, 3.63) is 69.5 Å². The molecule has 0 spiro atoms. The first-order chi connectivity index (χ1) is 17.3. The van der Waals surface area contributed by atoms with Gasteiger partial charge in [0.15, 0.2) is 12.4 Å². The summed E-state index contributed by atoms with van der Waals surface area (Å²) in [6.45, 7) is 0.623. The number of ether oxygens (including phenoxy) is 1. The van der Waals surface area contributed by atoms with Gasteiger partial charge in [-0.1, -0.05) is 42.5 Å². The van der Waals surface area contributed by atoms with Crippen molar-refractivity contribution in [3.8, 4) is 16.2 Å². The number of anilines is 1. The lowest BCUT2D eigenvalue weighted by Gasteiger charge is -2.35. The molecule has 4 rings (SSSR count). The second kappa shape index (κ2) is 11.7. The number of carbonyl (C=O) groups is 1. The van der Waals surface area contributed by atoms with E-state index in [1.807, 2.05) is 42.5 Å². The molecule has 0 amide bonds. The van der Waals surface area contributed by atoms with Crippen molar-refractivity contribution in [2.24, 2.45) is 0 Å². The van der Waals surface area contributed by atoms with Gasteiger partial charge in [-0.15, -0.1) is 11.3 Å². The summed E-state index contributed by atoms with van der Waals surface area (Å²) in [6, 6.07) is 16.2. The van der Waals surface area contributed by atoms with Gasteiger partial charge in [-0.05, 0) is 65.1 Å². The molecule has 3 N–H and O–H groups in total. The fraction of sp³-hybridized carbons (Fsp3) is 0.320. The molecule has 0 unspecified atom stereocenters. The van der Waals surface area contributed by atoms with Gasteiger partial charge in [0.1, 0.15) is 0 Å². The third-order valence-electron chi connectivity index (χ3n) is 5.86. The monoisotopic (exact) mass is 594 g/mol. The zero-order valence-corrected chi connectivity index (χ0v) is 22.6. The van der Waals surface area contributed by atoms with Gasteiger partial charge in [-0.25, -0.2) is 13.2 Å². The van der Waals surface area contributed by atoms with Crippen LogP contribution in [0.2, 0.25) is 0 Å². The maximum absolute atomic E-state index is 13.8. The molecule has 3 aromatic rings. The highest BCUT2D eigenvalue weighted by Crippen LogP contribution is 2.46. The lowest BCUT2D eigenvalue weighted by molar-refractivity contribution is -0.139. The number of hydrogen-bond donors (Lipinski definition) is 3. The minimum absolute atomic E-state index is 0.105. The molecule has 1 aliphatic rings. The van der Waals surface area contributed by atoms with Crippen LogP contribution in [0.3, 0.4) is 0 Å². The molecule has 8 nitrogen and oxygen atoms in total. The van der Waals surface area contributed by atoms with Crippen LogP contribution < -0.4 is 14.4 Å². The predicted molar refractivity (Wildman–Crippen MR) is 144 cm³/mol. The number of benzene rings is 2. The van der Waals surface area contributed by atoms with E-state index in [0.29, 0.717) is 32.8 Å². The summed E-state index contributed by atoms with van der Waals surface area (Å²) in [5.41, 5.74) is 2.02. The molecule has 0 saturated carbocycles. The number of rotatable bonds is 10. The molecule has 2 aromatic carbocycles. The molecule has 0 atom stereocenters. The first-order valence-corrected chi connectivity index (χ1v) is 14.7. The van der Waals surface area contributed by atoms with E-state index in [2.05, 4.69) is 21.2 Å². The van der Waals surface area contributed by atoms with Crippen LogP contribution >= 0.6 is 27.3 Å². The van der Waals surface area contributed by atoms with Crippen molar-refractivity contribution in [1.29, 1.82) is 0 Å². The number of sulfonamides is 1. The smallest absolute Gasteiger partial charge is 0.341 e. The quantitative estimate of drug-likeness (QED) is 0.322. The zero-order valence-electron chi connectivity index (χ0n) is 19.4. The van der Waals surface area contributed by atoms with Crippen LogP contribution in [0.4, 0.5) is 5.69 Å². The van der Waals surface area contributed by atoms with E-state index in [0.717, 1.165) is 24.2 Å². The molecule has 1 fully saturated rings. The fourth-order valence-electron chi connectivity index (χ4n) is 4.29. The summed E-state index contributed by atoms with van der Waals surface area (Å²) in [7, 11) is -3.70. The molecule has 0 aliphatic carbocycles. The van der Waals surface area contributed by atoms with E-state index in [1.165, 1.54) is 11.3 Å². The van der Waals surface area contributed by atoms with E-state index in [9.17, 15) is 18.3 Å². The van der Waals surface area contributed by atoms with Gasteiger partial charge in [-0.3, -0.25) is 4.31 Å². The third-order valence-corrected chi connectivity index (χ3v) is 9.89. The zero-order chi connectivity index (χ0) is 25.7. The first kappa shape index (κ1) is 26.6. The van der Waals surface area contributed by atoms with Crippen molar-refractivity contribution < 1.29 is 28.2 Å². The van der Waals surface area contributed by atoms with Gasteiger partial charge in [0, 0.05) is 6.04 Å². The van der Waals surface area contributed by atoms with Crippen LogP contribution in [-0.2, 0) is 27.2 Å². The topological polar surface area (TPSA) is 116 Å². The second-order valence-corrected chi connectivity index (χ2v) is 12.2. The number of hydrogen-bond acceptors (Lipinski definition) is 7. The Balaban J connectivity index is 1.74. The van der Waals surface area contributed by atoms with Gasteiger partial charge in [-0.2, -0.15) is 0 Å². The number of aliphatic carboxylic acids is 1. The van der Waals surface area contributed by atoms with Crippen molar-refractivity contribution in [1.82, 2.24) is 5.32 Å². The van der Waals surface area contributed by atoms with E-state index in [1.54, 1.807) is 16.4 Å². The van der Waals surface area contributed by atoms with Crippen LogP contribution in [0.5, 0.6) is 5.75 Å². The van der Waals surface area contributed by atoms with Crippen LogP contribution in [0.15, 0.2) is 59.1 Å². The van der Waals surface area contributed by atoms with Crippen LogP contribution in [0.25, 0.3) is 10.4 Å². The van der Waals surface area contributed by atoms with Crippen molar-refractivity contribution in [3.63, 3.8) is 0 Å². The number of aliphatic hydroxyl groups is 1. The van der Waals surface area contributed by atoms with E-state index in [-0.39, 0.29) is 24.2 Å². The van der Waals surface area contributed by atoms with Crippen LogP contribution in [0, 0.1) is 0 Å². The Bertz CT molecular complexity index is 1310. The molecule has 11 heteroatoms. The Morgan fingerprint density at radius 1 is 1.14 bits per heavy atom. The number of piperidine rings is 1. The minimum Gasteiger partial charge on any atom is -0.479 e. The Morgan fingerprint density at radius 2 is 1.86 bits per heavy atom. The lowest BCUT2D eigenvalue weighted by Crippen LogP contribution is -2.46. The van der Waals surface area contributed by atoms with Crippen LogP contribution in [0.1, 0.15) is 23.3 Å². The molecule has 0 bridgehead atoms. The number of aliphatic hydroxyl groups excluding tert-OH is 1. The molecule has 1 saturated heterocycles. The summed E-state index contributed by atoms with van der Waals surface area (Å²) in [5.74, 6) is -0.953. The summed E-state index contributed by atoms with van der Waals surface area (Å²) >= 11 is 4.76. The lowest BCUT2D eigenvalue weighted by atomic mass is 10.1. The number of nitrogens with zero attached hydrogens (tertiary/aromatic N) is 1. The van der Waals surface area contributed by atoms with Crippen molar-refractivity contribution in [2.75, 3.05) is 24.0 Å². The van der Waals surface area contributed by atoms with Crippen LogP contribution in [-0.4, -0.2) is 50.3 Å². The van der Waals surface area contributed by atoms with Gasteiger partial charge in [0.05, 0.1) is 32.3 Å². The summed E-state index contributed by atoms with van der Waals surface area (Å²) < 4.78 is 35.0. The maximum Gasteiger partial charge on any atom is 0.341 e. The summed E-state index contributed by atoms with van der Waals surface area (Å²) in [5, 5.41) is 22.1. The third kappa shape index (κ3) is 6.09. The molecule has 0 radical (unpaired) electrons. The molecule has 2 heterocycles. The SMILES string of the molecule is O=C(O)COc1c(CO)sc(-c2cccc(N(C3CCNCC3)S(=O)(=O)Cc3ccccc3)c2)c1Br. The molecule has 192 valence electrons. The molecule has 36 heavy (non-hydrogen) atoms. The second-order valence-electron chi connectivity index (χ2n) is 8.41. The average molecular weight is 596 g/mol. The van der Waals surface area contributed by atoms with Gasteiger partial charge >= 0.3 is 5.97 Å².